The quantitative estimate of drug-likeness (QED) is 0.311. The molecule has 0 aliphatic heterocycles. The predicted octanol–water partition coefficient (Wildman–Crippen LogP) is 4.17. The number of nitrogens with two attached hydrogens (primary N) is 1. The molecule has 1 unspecified atom stereocenters. The van der Waals surface area contributed by atoms with Gasteiger partial charge in [-0.05, 0) is 24.0 Å². The monoisotopic (exact) mass is 312 g/mol. The van der Waals surface area contributed by atoms with Crippen molar-refractivity contribution in [3.63, 3.8) is 0 Å². The maximum absolute atomic E-state index is 8.64. The first-order valence-electron chi connectivity index (χ1n) is 7.46. The summed E-state index contributed by atoms with van der Waals surface area (Å²) in [6.07, 6.45) is 4.81. The fourth-order valence-corrected chi connectivity index (χ4v) is 2.35. The Hall–Kier alpha value is -1.26. The lowest BCUT2D eigenvalue weighted by Crippen LogP contribution is -2.13. The van der Waals surface area contributed by atoms with Crippen molar-refractivity contribution in [3.8, 4) is 0 Å². The van der Waals surface area contributed by atoms with Crippen molar-refractivity contribution < 1.29 is 9.94 Å². The molecular weight excluding hydrogens is 288 g/mol. The fourth-order valence-electron chi connectivity index (χ4n) is 2.12. The number of hydrogen-bond acceptors (Lipinski definition) is 3. The second-order valence-electron chi connectivity index (χ2n) is 5.22. The Labute approximate surface area is 131 Å². The molecule has 0 saturated carbocycles. The van der Waals surface area contributed by atoms with Crippen LogP contribution >= 0.6 is 11.6 Å². The van der Waals surface area contributed by atoms with E-state index in [1.807, 2.05) is 6.07 Å². The molecule has 5 heteroatoms. The third kappa shape index (κ3) is 5.94. The van der Waals surface area contributed by atoms with Crippen LogP contribution in [0.5, 0.6) is 0 Å². The maximum atomic E-state index is 8.64. The van der Waals surface area contributed by atoms with E-state index in [-0.39, 0.29) is 5.84 Å². The van der Waals surface area contributed by atoms with Crippen molar-refractivity contribution in [1.29, 1.82) is 0 Å². The van der Waals surface area contributed by atoms with E-state index in [0.717, 1.165) is 18.6 Å². The van der Waals surface area contributed by atoms with Gasteiger partial charge < -0.3 is 15.7 Å². The van der Waals surface area contributed by atoms with Gasteiger partial charge in [0, 0.05) is 17.2 Å². The van der Waals surface area contributed by atoms with E-state index in [1.54, 1.807) is 12.1 Å². The van der Waals surface area contributed by atoms with Gasteiger partial charge in [0.15, 0.2) is 5.84 Å². The normalized spacial score (nSPS) is 13.4. The number of ether oxygens (including phenoxy) is 1. The van der Waals surface area contributed by atoms with E-state index in [4.69, 9.17) is 27.3 Å². The van der Waals surface area contributed by atoms with Crippen LogP contribution in [0.2, 0.25) is 5.02 Å². The van der Waals surface area contributed by atoms with Gasteiger partial charge in [0.1, 0.15) is 0 Å². The van der Waals surface area contributed by atoms with E-state index in [2.05, 4.69) is 19.0 Å². The number of amidine groups is 1. The van der Waals surface area contributed by atoms with Crippen molar-refractivity contribution in [2.75, 3.05) is 6.61 Å². The molecule has 0 aromatic heterocycles. The largest absolute Gasteiger partial charge is 0.409 e. The van der Waals surface area contributed by atoms with Gasteiger partial charge in [0.25, 0.3) is 0 Å². The second-order valence-corrected chi connectivity index (χ2v) is 5.63. The molecule has 21 heavy (non-hydrogen) atoms. The standard InChI is InChI=1S/C16H25ClN2O2/c1-3-5-6-12(4-2)10-21-11-14-8-7-13(9-15(14)17)16(18)19-20/h7-9,12,20H,3-6,10-11H2,1-2H3,(H2,18,19). The van der Waals surface area contributed by atoms with Crippen LogP contribution in [0, 0.1) is 5.92 Å². The summed E-state index contributed by atoms with van der Waals surface area (Å²) in [5.41, 5.74) is 7.04. The van der Waals surface area contributed by atoms with Crippen molar-refractivity contribution >= 4 is 17.4 Å². The van der Waals surface area contributed by atoms with Gasteiger partial charge in [-0.15, -0.1) is 0 Å². The summed E-state index contributed by atoms with van der Waals surface area (Å²) >= 11 is 6.19. The van der Waals surface area contributed by atoms with Crippen LogP contribution in [-0.2, 0) is 11.3 Å². The van der Waals surface area contributed by atoms with Crippen LogP contribution in [0.25, 0.3) is 0 Å². The number of rotatable bonds is 9. The van der Waals surface area contributed by atoms with Crippen LogP contribution in [0.4, 0.5) is 0 Å². The summed E-state index contributed by atoms with van der Waals surface area (Å²) in [4.78, 5) is 0. The number of nitrogens with zero attached hydrogens (tertiary/aromatic N) is 1. The summed E-state index contributed by atoms with van der Waals surface area (Å²) in [7, 11) is 0. The summed E-state index contributed by atoms with van der Waals surface area (Å²) < 4.78 is 5.78. The lowest BCUT2D eigenvalue weighted by atomic mass is 10.0. The Kier molecular flexibility index (Phi) is 8.16. The molecule has 1 aromatic carbocycles. The molecule has 3 N–H and O–H groups in total. The van der Waals surface area contributed by atoms with E-state index in [1.165, 1.54) is 19.3 Å². The first-order chi connectivity index (χ1) is 10.1. The highest BCUT2D eigenvalue weighted by Crippen LogP contribution is 2.20. The van der Waals surface area contributed by atoms with Gasteiger partial charge in [0.2, 0.25) is 0 Å². The zero-order valence-electron chi connectivity index (χ0n) is 12.8. The Bertz CT molecular complexity index is 464. The van der Waals surface area contributed by atoms with Crippen molar-refractivity contribution in [1.82, 2.24) is 0 Å². The van der Waals surface area contributed by atoms with E-state index in [9.17, 15) is 0 Å². The second kappa shape index (κ2) is 9.64. The van der Waals surface area contributed by atoms with E-state index < -0.39 is 0 Å². The molecule has 1 aromatic rings. The molecule has 0 bridgehead atoms. The zero-order chi connectivity index (χ0) is 15.7. The molecule has 0 saturated heterocycles. The first kappa shape index (κ1) is 17.8. The van der Waals surface area contributed by atoms with Crippen LogP contribution in [0.3, 0.4) is 0 Å². The molecule has 0 aliphatic carbocycles. The highest BCUT2D eigenvalue weighted by Gasteiger charge is 2.08. The zero-order valence-corrected chi connectivity index (χ0v) is 13.6. The number of oxime groups is 1. The average molecular weight is 313 g/mol. The molecule has 1 atom stereocenters. The van der Waals surface area contributed by atoms with E-state index >= 15 is 0 Å². The van der Waals surface area contributed by atoms with Gasteiger partial charge in [0.05, 0.1) is 6.61 Å². The van der Waals surface area contributed by atoms with Gasteiger partial charge in [-0.3, -0.25) is 0 Å². The SMILES string of the molecule is CCCCC(CC)COCc1ccc(/C(N)=N/O)cc1Cl. The molecule has 0 fully saturated rings. The number of halogens is 1. The molecule has 4 nitrogen and oxygen atoms in total. The van der Waals surface area contributed by atoms with Crippen LogP contribution in [0.15, 0.2) is 23.4 Å². The Morgan fingerprint density at radius 1 is 1.43 bits per heavy atom. The lowest BCUT2D eigenvalue weighted by molar-refractivity contribution is 0.0820. The average Bonchev–Trinajstić information content (AvgIpc) is 2.51. The molecule has 1 rings (SSSR count). The third-order valence-corrected chi connectivity index (χ3v) is 3.96. The summed E-state index contributed by atoms with van der Waals surface area (Å²) in [6.45, 7) is 5.64. The van der Waals surface area contributed by atoms with Gasteiger partial charge >= 0.3 is 0 Å². The minimum absolute atomic E-state index is 0.0509. The summed E-state index contributed by atoms with van der Waals surface area (Å²) in [5.74, 6) is 0.662. The Morgan fingerprint density at radius 2 is 2.19 bits per heavy atom. The molecule has 0 radical (unpaired) electrons. The lowest BCUT2D eigenvalue weighted by Gasteiger charge is -2.15. The predicted molar refractivity (Wildman–Crippen MR) is 86.9 cm³/mol. The number of benzene rings is 1. The van der Waals surface area contributed by atoms with Crippen LogP contribution in [0.1, 0.15) is 50.7 Å². The third-order valence-electron chi connectivity index (χ3n) is 3.61. The molecule has 118 valence electrons. The van der Waals surface area contributed by atoms with Gasteiger partial charge in [-0.2, -0.15) is 0 Å². The Morgan fingerprint density at radius 3 is 2.76 bits per heavy atom. The minimum atomic E-state index is 0.0509. The number of unbranched alkanes of at least 4 members (excludes halogenated alkanes) is 1. The maximum Gasteiger partial charge on any atom is 0.170 e. The molecule has 0 amide bonds. The van der Waals surface area contributed by atoms with Crippen LogP contribution in [-0.4, -0.2) is 17.6 Å². The Balaban J connectivity index is 2.52. The topological polar surface area (TPSA) is 67.8 Å². The highest BCUT2D eigenvalue weighted by molar-refractivity contribution is 6.31. The first-order valence-corrected chi connectivity index (χ1v) is 7.84. The molecular formula is C16H25ClN2O2. The highest BCUT2D eigenvalue weighted by atomic mass is 35.5. The smallest absolute Gasteiger partial charge is 0.170 e. The van der Waals surface area contributed by atoms with E-state index in [0.29, 0.717) is 23.1 Å². The van der Waals surface area contributed by atoms with Crippen molar-refractivity contribution in [2.24, 2.45) is 16.8 Å². The van der Waals surface area contributed by atoms with Crippen molar-refractivity contribution in [2.45, 2.75) is 46.1 Å². The number of hydrogen-bond donors (Lipinski definition) is 2. The minimum Gasteiger partial charge on any atom is -0.409 e. The summed E-state index contributed by atoms with van der Waals surface area (Å²) in [6, 6.07) is 5.31. The van der Waals surface area contributed by atoms with Gasteiger partial charge in [-0.25, -0.2) is 0 Å². The molecule has 0 heterocycles. The molecule has 0 spiro atoms. The van der Waals surface area contributed by atoms with Crippen LogP contribution < -0.4 is 5.73 Å². The van der Waals surface area contributed by atoms with Gasteiger partial charge in [-0.1, -0.05) is 62.0 Å². The summed E-state index contributed by atoms with van der Waals surface area (Å²) in [5, 5.41) is 12.2. The van der Waals surface area contributed by atoms with Crippen molar-refractivity contribution in [3.05, 3.63) is 34.3 Å². The molecule has 0 aliphatic rings. The fraction of sp³-hybridized carbons (Fsp3) is 0.562.